The Morgan fingerprint density at radius 1 is 1.50 bits per heavy atom. The van der Waals surface area contributed by atoms with Crippen LogP contribution < -0.4 is 0 Å². The summed E-state index contributed by atoms with van der Waals surface area (Å²) in [5, 5.41) is 10.3. The van der Waals surface area contributed by atoms with E-state index in [1.165, 1.54) is 5.57 Å². The summed E-state index contributed by atoms with van der Waals surface area (Å²) in [4.78, 5) is 0. The maximum Gasteiger partial charge on any atom is 0.163 e. The van der Waals surface area contributed by atoms with E-state index in [2.05, 4.69) is 19.9 Å². The molecular weight excluding hydrogens is 204 g/mol. The van der Waals surface area contributed by atoms with E-state index in [9.17, 15) is 5.11 Å². The van der Waals surface area contributed by atoms with Crippen molar-refractivity contribution in [2.24, 2.45) is 0 Å². The van der Waals surface area contributed by atoms with Crippen LogP contribution in [0.2, 0.25) is 0 Å². The number of hydrogen-bond acceptors (Lipinski definition) is 3. The molecule has 0 aromatic rings. The Labute approximate surface area is 98.4 Å². The van der Waals surface area contributed by atoms with Crippen molar-refractivity contribution in [1.29, 1.82) is 0 Å². The molecule has 1 aliphatic heterocycles. The summed E-state index contributed by atoms with van der Waals surface area (Å²) < 4.78 is 11.1. The Morgan fingerprint density at radius 3 is 2.56 bits per heavy atom. The summed E-state index contributed by atoms with van der Waals surface area (Å²) in [6, 6.07) is 0. The van der Waals surface area contributed by atoms with Gasteiger partial charge < -0.3 is 14.6 Å². The first-order chi connectivity index (χ1) is 7.23. The molecule has 1 rings (SSSR count). The fourth-order valence-electron chi connectivity index (χ4n) is 1.81. The van der Waals surface area contributed by atoms with Crippen molar-refractivity contribution >= 4 is 0 Å². The van der Waals surface area contributed by atoms with Crippen molar-refractivity contribution in [3.8, 4) is 0 Å². The zero-order chi connectivity index (χ0) is 12.4. The number of allylic oxidation sites excluding steroid dienone is 2. The second kappa shape index (κ2) is 4.86. The Morgan fingerprint density at radius 2 is 2.12 bits per heavy atom. The lowest BCUT2D eigenvalue weighted by atomic mass is 9.93. The topological polar surface area (TPSA) is 38.7 Å². The average Bonchev–Trinajstić information content (AvgIpc) is 2.45. The summed E-state index contributed by atoms with van der Waals surface area (Å²) in [5.74, 6) is -0.564. The van der Waals surface area contributed by atoms with Gasteiger partial charge >= 0.3 is 0 Å². The molecular formula is C13H24O3. The highest BCUT2D eigenvalue weighted by Crippen LogP contribution is 2.31. The van der Waals surface area contributed by atoms with Crippen LogP contribution in [-0.2, 0) is 9.47 Å². The van der Waals surface area contributed by atoms with Gasteiger partial charge in [-0.3, -0.25) is 0 Å². The van der Waals surface area contributed by atoms with Gasteiger partial charge in [-0.1, -0.05) is 11.6 Å². The van der Waals surface area contributed by atoms with Crippen LogP contribution in [0.15, 0.2) is 11.6 Å². The molecule has 16 heavy (non-hydrogen) atoms. The third-order valence-electron chi connectivity index (χ3n) is 2.91. The van der Waals surface area contributed by atoms with Gasteiger partial charge in [0.15, 0.2) is 5.79 Å². The van der Waals surface area contributed by atoms with Gasteiger partial charge in [0.1, 0.15) is 6.10 Å². The van der Waals surface area contributed by atoms with Crippen molar-refractivity contribution in [1.82, 2.24) is 0 Å². The van der Waals surface area contributed by atoms with E-state index in [4.69, 9.17) is 9.47 Å². The molecule has 0 spiro atoms. The van der Waals surface area contributed by atoms with Gasteiger partial charge in [0.2, 0.25) is 0 Å². The summed E-state index contributed by atoms with van der Waals surface area (Å²) in [7, 11) is 0. The Balaban J connectivity index is 2.48. The van der Waals surface area contributed by atoms with Crippen LogP contribution in [0, 0.1) is 0 Å². The van der Waals surface area contributed by atoms with Gasteiger partial charge in [-0.25, -0.2) is 0 Å². The first-order valence-electron chi connectivity index (χ1n) is 5.90. The highest BCUT2D eigenvalue weighted by Gasteiger charge is 2.42. The third kappa shape index (κ3) is 3.89. The molecule has 1 saturated heterocycles. The second-order valence-electron chi connectivity index (χ2n) is 5.49. The van der Waals surface area contributed by atoms with Gasteiger partial charge in [-0.05, 0) is 47.5 Å². The third-order valence-corrected chi connectivity index (χ3v) is 2.91. The molecule has 1 fully saturated rings. The van der Waals surface area contributed by atoms with Gasteiger partial charge in [-0.2, -0.15) is 0 Å². The minimum Gasteiger partial charge on any atom is -0.387 e. The molecule has 1 N–H and O–H groups in total. The molecule has 3 heteroatoms. The minimum absolute atomic E-state index is 0.229. The number of aliphatic hydroxyl groups is 1. The minimum atomic E-state index is -0.820. The highest BCUT2D eigenvalue weighted by atomic mass is 16.7. The maximum atomic E-state index is 10.3. The zero-order valence-corrected chi connectivity index (χ0v) is 11.0. The molecule has 2 atom stereocenters. The normalized spacial score (nSPS) is 27.5. The van der Waals surface area contributed by atoms with Crippen LogP contribution in [0.4, 0.5) is 0 Å². The Kier molecular flexibility index (Phi) is 4.16. The van der Waals surface area contributed by atoms with Gasteiger partial charge in [0, 0.05) is 0 Å². The van der Waals surface area contributed by atoms with Gasteiger partial charge in [0.05, 0.1) is 12.2 Å². The summed E-state index contributed by atoms with van der Waals surface area (Å²) in [6.07, 6.45) is 3.47. The smallest absolute Gasteiger partial charge is 0.163 e. The fraction of sp³-hybridized carbons (Fsp3) is 0.846. The molecule has 94 valence electrons. The van der Waals surface area contributed by atoms with E-state index in [-0.39, 0.29) is 6.10 Å². The van der Waals surface area contributed by atoms with Crippen LogP contribution >= 0.6 is 0 Å². The molecule has 0 saturated carbocycles. The molecule has 0 aliphatic carbocycles. The van der Waals surface area contributed by atoms with E-state index in [1.54, 1.807) is 0 Å². The largest absolute Gasteiger partial charge is 0.387 e. The van der Waals surface area contributed by atoms with Crippen LogP contribution in [0.3, 0.4) is 0 Å². The van der Waals surface area contributed by atoms with Crippen LogP contribution in [0.25, 0.3) is 0 Å². The van der Waals surface area contributed by atoms with Crippen LogP contribution in [-0.4, -0.2) is 29.2 Å². The summed E-state index contributed by atoms with van der Waals surface area (Å²) >= 11 is 0. The molecule has 0 aromatic heterocycles. The monoisotopic (exact) mass is 228 g/mol. The fourth-order valence-corrected chi connectivity index (χ4v) is 1.81. The number of rotatable bonds is 4. The molecule has 3 nitrogen and oxygen atoms in total. The average molecular weight is 228 g/mol. The van der Waals surface area contributed by atoms with E-state index >= 15 is 0 Å². The van der Waals surface area contributed by atoms with E-state index < -0.39 is 11.4 Å². The van der Waals surface area contributed by atoms with E-state index in [0.717, 1.165) is 6.42 Å². The zero-order valence-electron chi connectivity index (χ0n) is 11.0. The molecule has 1 aliphatic rings. The second-order valence-corrected chi connectivity index (χ2v) is 5.49. The van der Waals surface area contributed by atoms with E-state index in [0.29, 0.717) is 13.0 Å². The first kappa shape index (κ1) is 13.7. The van der Waals surface area contributed by atoms with Crippen LogP contribution in [0.5, 0.6) is 0 Å². The van der Waals surface area contributed by atoms with Crippen molar-refractivity contribution < 1.29 is 14.6 Å². The number of ether oxygens (including phenoxy) is 2. The number of hydrogen-bond donors (Lipinski definition) is 1. The molecule has 0 unspecified atom stereocenters. The molecule has 0 aromatic carbocycles. The lowest BCUT2D eigenvalue weighted by Crippen LogP contribution is -2.41. The summed E-state index contributed by atoms with van der Waals surface area (Å²) in [6.45, 7) is 10.2. The van der Waals surface area contributed by atoms with Crippen LogP contribution in [0.1, 0.15) is 47.5 Å². The van der Waals surface area contributed by atoms with Crippen molar-refractivity contribution in [3.63, 3.8) is 0 Å². The standard InChI is InChI=1S/C13H24O3/c1-10(2)7-6-8-13(5,14)11-9-15-12(3,4)16-11/h7,11,14H,6,8-9H2,1-5H3/t11-,13+/m1/s1. The van der Waals surface area contributed by atoms with Gasteiger partial charge in [0.25, 0.3) is 0 Å². The molecule has 0 radical (unpaired) electrons. The SMILES string of the molecule is CC(C)=CCC[C@](C)(O)[C@H]1COC(C)(C)O1. The predicted octanol–water partition coefficient (Wildman–Crippen LogP) is 2.64. The lowest BCUT2D eigenvalue weighted by Gasteiger charge is -2.29. The van der Waals surface area contributed by atoms with Crippen molar-refractivity contribution in [3.05, 3.63) is 11.6 Å². The highest BCUT2D eigenvalue weighted by molar-refractivity contribution is 4.96. The Bertz CT molecular complexity index is 262. The van der Waals surface area contributed by atoms with E-state index in [1.807, 2.05) is 20.8 Å². The maximum absolute atomic E-state index is 10.3. The molecule has 0 amide bonds. The quantitative estimate of drug-likeness (QED) is 0.752. The first-order valence-corrected chi connectivity index (χ1v) is 5.90. The molecule has 1 heterocycles. The van der Waals surface area contributed by atoms with Crippen molar-refractivity contribution in [2.75, 3.05) is 6.61 Å². The summed E-state index contributed by atoms with van der Waals surface area (Å²) in [5.41, 5.74) is 0.458. The molecule has 0 bridgehead atoms. The predicted molar refractivity (Wildman–Crippen MR) is 64.2 cm³/mol. The Hall–Kier alpha value is -0.380. The lowest BCUT2D eigenvalue weighted by molar-refractivity contribution is -0.167. The van der Waals surface area contributed by atoms with Crippen molar-refractivity contribution in [2.45, 2.75) is 65.0 Å². The van der Waals surface area contributed by atoms with Gasteiger partial charge in [-0.15, -0.1) is 0 Å².